The van der Waals surface area contributed by atoms with Crippen LogP contribution in [0.5, 0.6) is 5.75 Å². The molecule has 0 bridgehead atoms. The summed E-state index contributed by atoms with van der Waals surface area (Å²) < 4.78 is 0.225. The Morgan fingerprint density at radius 1 is 0.894 bits per heavy atom. The second-order valence-electron chi connectivity index (χ2n) is 11.0. The predicted octanol–water partition coefficient (Wildman–Crippen LogP) is -1.93. The molecule has 5 atom stereocenters. The lowest BCUT2D eigenvalue weighted by Gasteiger charge is -2.26. The number of benzene rings is 1. The van der Waals surface area contributed by atoms with Crippen molar-refractivity contribution >= 4 is 64.1 Å². The average molecular weight is 774 g/mol. The van der Waals surface area contributed by atoms with Crippen molar-refractivity contribution in [1.29, 1.82) is 0 Å². The van der Waals surface area contributed by atoms with Gasteiger partial charge in [0.2, 0.25) is 29.5 Å². The SMILES string of the molecule is C[C@@H](I)NCCCC[C@@H]1NC(=O)[C@H](CCCN=C(N)N)NC(=O)CNC(=O)[C@H](CC(=O)O)NC(=O)C(Cc2ccc(O)cc2)NC1=O. The molecule has 47 heavy (non-hydrogen) atoms. The van der Waals surface area contributed by atoms with Gasteiger partial charge in [-0.05, 0) is 63.3 Å². The van der Waals surface area contributed by atoms with E-state index < -0.39 is 72.6 Å². The maximum atomic E-state index is 13.7. The molecule has 0 radical (unpaired) electrons. The van der Waals surface area contributed by atoms with Crippen molar-refractivity contribution in [3.8, 4) is 5.75 Å². The summed E-state index contributed by atoms with van der Waals surface area (Å²) in [5.41, 5.74) is 11.3. The van der Waals surface area contributed by atoms with E-state index in [1.54, 1.807) is 0 Å². The van der Waals surface area contributed by atoms with Gasteiger partial charge in [0.15, 0.2) is 5.96 Å². The molecule has 18 heteroatoms. The van der Waals surface area contributed by atoms with Gasteiger partial charge in [0.05, 0.1) is 17.0 Å². The number of aliphatic carboxylic acids is 1. The van der Waals surface area contributed by atoms with Crippen LogP contribution in [0.25, 0.3) is 0 Å². The first-order valence-corrected chi connectivity index (χ1v) is 16.4. The van der Waals surface area contributed by atoms with Crippen molar-refractivity contribution in [3.63, 3.8) is 0 Å². The minimum Gasteiger partial charge on any atom is -0.508 e. The van der Waals surface area contributed by atoms with Crippen LogP contribution in [0, 0.1) is 0 Å². The number of amides is 5. The maximum absolute atomic E-state index is 13.7. The molecule has 0 aliphatic carbocycles. The molecule has 1 aliphatic heterocycles. The number of phenolic OH excluding ortho intramolecular Hbond substituents is 1. The lowest BCUT2D eigenvalue weighted by atomic mass is 10.0. The Hall–Kier alpha value is -4.20. The monoisotopic (exact) mass is 773 g/mol. The number of halogens is 1. The fraction of sp³-hybridized carbons (Fsp3) is 0.552. The van der Waals surface area contributed by atoms with Crippen molar-refractivity contribution in [2.24, 2.45) is 16.5 Å². The third-order valence-electron chi connectivity index (χ3n) is 7.02. The molecule has 1 aliphatic rings. The Balaban J connectivity index is 2.45. The number of nitrogens with two attached hydrogens (primary N) is 2. The third-order valence-corrected chi connectivity index (χ3v) is 7.46. The van der Waals surface area contributed by atoms with Crippen LogP contribution in [-0.4, -0.2) is 99.5 Å². The molecule has 1 aromatic rings. The van der Waals surface area contributed by atoms with E-state index in [4.69, 9.17) is 11.5 Å². The Morgan fingerprint density at radius 3 is 2.09 bits per heavy atom. The summed E-state index contributed by atoms with van der Waals surface area (Å²) in [4.78, 5) is 81.9. The lowest BCUT2D eigenvalue weighted by Crippen LogP contribution is -2.58. The summed E-state index contributed by atoms with van der Waals surface area (Å²) in [7, 11) is 0. The number of guanidine groups is 1. The van der Waals surface area contributed by atoms with Gasteiger partial charge in [-0.1, -0.05) is 34.7 Å². The summed E-state index contributed by atoms with van der Waals surface area (Å²) in [6.45, 7) is 2.18. The molecule has 260 valence electrons. The van der Waals surface area contributed by atoms with Gasteiger partial charge in [-0.3, -0.25) is 33.8 Å². The molecule has 1 heterocycles. The Morgan fingerprint density at radius 2 is 1.47 bits per heavy atom. The smallest absolute Gasteiger partial charge is 0.305 e. The fourth-order valence-corrected chi connectivity index (χ4v) is 4.94. The summed E-state index contributed by atoms with van der Waals surface area (Å²) in [5, 5.41) is 34.9. The molecule has 2 rings (SSSR count). The summed E-state index contributed by atoms with van der Waals surface area (Å²) in [5.74, 6) is -5.52. The van der Waals surface area contributed by atoms with Crippen LogP contribution in [0.15, 0.2) is 29.3 Å². The number of nitrogens with one attached hydrogen (secondary N) is 6. The number of alkyl halides is 1. The first-order chi connectivity index (χ1) is 22.2. The molecular weight excluding hydrogens is 729 g/mol. The molecule has 17 nitrogen and oxygen atoms in total. The van der Waals surface area contributed by atoms with E-state index in [0.29, 0.717) is 24.9 Å². The molecule has 1 unspecified atom stereocenters. The van der Waals surface area contributed by atoms with Gasteiger partial charge in [0.25, 0.3) is 0 Å². The molecule has 1 aromatic carbocycles. The van der Waals surface area contributed by atoms with Gasteiger partial charge in [-0.2, -0.15) is 0 Å². The summed E-state index contributed by atoms with van der Waals surface area (Å²) in [6.07, 6.45) is 0.854. The van der Waals surface area contributed by atoms with E-state index in [2.05, 4.69) is 59.5 Å². The van der Waals surface area contributed by atoms with Gasteiger partial charge in [0, 0.05) is 13.0 Å². The van der Waals surface area contributed by atoms with Crippen molar-refractivity contribution < 1.29 is 39.0 Å². The number of carboxylic acids is 1. The number of rotatable bonds is 14. The van der Waals surface area contributed by atoms with Crippen LogP contribution in [0.4, 0.5) is 0 Å². The number of nitrogens with zero attached hydrogens (tertiary/aromatic N) is 1. The quantitative estimate of drug-likeness (QED) is 0.0248. The van der Waals surface area contributed by atoms with Crippen LogP contribution >= 0.6 is 22.6 Å². The number of hydrogen-bond donors (Lipinski definition) is 10. The first kappa shape index (κ1) is 39.0. The number of phenols is 1. The second kappa shape index (κ2) is 20.1. The van der Waals surface area contributed by atoms with Crippen LogP contribution in [0.1, 0.15) is 51.0 Å². The highest BCUT2D eigenvalue weighted by Crippen LogP contribution is 2.13. The highest BCUT2D eigenvalue weighted by Gasteiger charge is 2.33. The van der Waals surface area contributed by atoms with E-state index >= 15 is 0 Å². The molecule has 1 fully saturated rings. The second-order valence-corrected chi connectivity index (χ2v) is 12.9. The van der Waals surface area contributed by atoms with Crippen molar-refractivity contribution in [3.05, 3.63) is 29.8 Å². The zero-order valence-corrected chi connectivity index (χ0v) is 28.2. The number of carbonyl (C=O) groups excluding carboxylic acids is 5. The molecule has 5 amide bonds. The van der Waals surface area contributed by atoms with E-state index in [9.17, 15) is 39.0 Å². The maximum Gasteiger partial charge on any atom is 0.305 e. The van der Waals surface area contributed by atoms with E-state index in [-0.39, 0.29) is 48.0 Å². The lowest BCUT2D eigenvalue weighted by molar-refractivity contribution is -0.141. The number of carbonyl (C=O) groups is 6. The fourth-order valence-electron chi connectivity index (χ4n) is 4.63. The van der Waals surface area contributed by atoms with E-state index in [1.807, 2.05) is 6.92 Å². The van der Waals surface area contributed by atoms with Crippen LogP contribution in [0.2, 0.25) is 0 Å². The number of hydrogen-bond acceptors (Lipinski definition) is 9. The van der Waals surface area contributed by atoms with Gasteiger partial charge in [0.1, 0.15) is 29.9 Å². The third kappa shape index (κ3) is 15.3. The minimum absolute atomic E-state index is 0.0206. The zero-order valence-electron chi connectivity index (χ0n) is 26.1. The molecular formula is C29H44IN9O8. The van der Waals surface area contributed by atoms with E-state index in [0.717, 1.165) is 0 Å². The van der Waals surface area contributed by atoms with Crippen LogP contribution in [-0.2, 0) is 35.2 Å². The Labute approximate surface area is 286 Å². The summed E-state index contributed by atoms with van der Waals surface area (Å²) >= 11 is 2.22. The van der Waals surface area contributed by atoms with Gasteiger partial charge >= 0.3 is 5.97 Å². The highest BCUT2D eigenvalue weighted by atomic mass is 127. The highest BCUT2D eigenvalue weighted by molar-refractivity contribution is 14.1. The van der Waals surface area contributed by atoms with Gasteiger partial charge in [-0.15, -0.1) is 0 Å². The standard InChI is InChI=1S/C29H44IN9O8/c1-16(30)33-11-3-2-5-20-27(46)38-21(13-17-7-9-18(40)10-8-17)28(47)39-22(14-24(42)43)25(44)35-15-23(41)36-19(26(45)37-20)6-4-12-34-29(31)32/h7-10,16,19-22,33,40H,2-6,11-15H2,1H3,(H,35,44)(H,36,41)(H,37,45)(H,38,46)(H,39,47)(H,42,43)(H4,31,32,34)/t16-,19-,20-,21?,22-/m0/s1. The molecule has 0 aromatic heterocycles. The number of aliphatic imine (C=N–C) groups is 1. The van der Waals surface area contributed by atoms with Crippen LogP contribution < -0.4 is 43.4 Å². The average Bonchev–Trinajstić information content (AvgIpc) is 2.99. The van der Waals surface area contributed by atoms with Crippen molar-refractivity contribution in [2.75, 3.05) is 19.6 Å². The Bertz CT molecular complexity index is 1270. The topological polar surface area (TPSA) is 279 Å². The first-order valence-electron chi connectivity index (χ1n) is 15.2. The zero-order chi connectivity index (χ0) is 34.9. The van der Waals surface area contributed by atoms with Crippen LogP contribution in [0.3, 0.4) is 0 Å². The molecule has 0 saturated carbocycles. The molecule has 0 spiro atoms. The number of unbranched alkanes of at least 4 members (excludes halogenated alkanes) is 1. The minimum atomic E-state index is -1.59. The molecule has 12 N–H and O–H groups in total. The predicted molar refractivity (Wildman–Crippen MR) is 180 cm³/mol. The van der Waals surface area contributed by atoms with E-state index in [1.165, 1.54) is 24.3 Å². The van der Waals surface area contributed by atoms with Crippen molar-refractivity contribution in [1.82, 2.24) is 31.9 Å². The van der Waals surface area contributed by atoms with Crippen molar-refractivity contribution in [2.45, 2.75) is 80.1 Å². The van der Waals surface area contributed by atoms with Gasteiger partial charge in [-0.25, -0.2) is 0 Å². The Kier molecular flexibility index (Phi) is 16.7. The summed E-state index contributed by atoms with van der Waals surface area (Å²) in [6, 6.07) is 0.713. The largest absolute Gasteiger partial charge is 0.508 e. The van der Waals surface area contributed by atoms with Gasteiger partial charge < -0.3 is 53.6 Å². The number of carboxylic acid groups (broad SMARTS) is 1. The molecule has 1 saturated heterocycles. The number of aromatic hydroxyl groups is 1. The normalized spacial score (nSPS) is 21.9.